The fourth-order valence-corrected chi connectivity index (χ4v) is 1.52. The Kier molecular flexibility index (Phi) is 6.18. The molecule has 2 amide bonds. The number of aliphatic hydroxyl groups is 1. The van der Waals surface area contributed by atoms with E-state index in [9.17, 15) is 4.79 Å². The van der Waals surface area contributed by atoms with Crippen LogP contribution in [0, 0.1) is 0 Å². The molecule has 0 fully saturated rings. The van der Waals surface area contributed by atoms with Gasteiger partial charge in [-0.3, -0.25) is 0 Å². The van der Waals surface area contributed by atoms with E-state index < -0.39 is 0 Å². The lowest BCUT2D eigenvalue weighted by Crippen LogP contribution is -2.42. The molecule has 1 aromatic carbocycles. The first-order chi connectivity index (χ1) is 8.67. The summed E-state index contributed by atoms with van der Waals surface area (Å²) in [6.07, 6.45) is 0. The molecular weight excluding hydrogens is 232 g/mol. The van der Waals surface area contributed by atoms with Gasteiger partial charge in [-0.1, -0.05) is 24.3 Å². The summed E-state index contributed by atoms with van der Waals surface area (Å²) < 4.78 is 5.10. The molecule has 1 unspecified atom stereocenters. The number of nitrogens with one attached hydrogen (secondary N) is 2. The summed E-state index contributed by atoms with van der Waals surface area (Å²) in [5.74, 6) is 0. The number of ether oxygens (including phenoxy) is 1. The lowest BCUT2D eigenvalue weighted by Gasteiger charge is -2.13. The molecule has 0 aliphatic carbocycles. The molecule has 0 radical (unpaired) electrons. The Labute approximate surface area is 107 Å². The number of carbonyl (C=O) groups excluding carboxylic acids is 1. The van der Waals surface area contributed by atoms with E-state index in [2.05, 4.69) is 10.6 Å². The molecule has 0 saturated heterocycles. The Balaban J connectivity index is 2.50. The van der Waals surface area contributed by atoms with Gasteiger partial charge in [0.05, 0.1) is 19.3 Å². The fraction of sp³-hybridized carbons (Fsp3) is 0.462. The van der Waals surface area contributed by atoms with Gasteiger partial charge in [0.15, 0.2) is 0 Å². The second kappa shape index (κ2) is 7.68. The van der Waals surface area contributed by atoms with Gasteiger partial charge in [-0.05, 0) is 18.1 Å². The zero-order valence-corrected chi connectivity index (χ0v) is 10.8. The number of urea groups is 1. The van der Waals surface area contributed by atoms with Gasteiger partial charge >= 0.3 is 6.03 Å². The summed E-state index contributed by atoms with van der Waals surface area (Å²) in [5, 5.41) is 14.2. The second-order valence-electron chi connectivity index (χ2n) is 4.11. The fourth-order valence-electron chi connectivity index (χ4n) is 1.52. The van der Waals surface area contributed by atoms with Gasteiger partial charge in [0.1, 0.15) is 0 Å². The Morgan fingerprint density at radius 3 is 2.67 bits per heavy atom. The number of rotatable bonds is 6. The second-order valence-corrected chi connectivity index (χ2v) is 4.11. The molecule has 100 valence electrons. The van der Waals surface area contributed by atoms with E-state index in [-0.39, 0.29) is 18.7 Å². The molecule has 5 heteroatoms. The van der Waals surface area contributed by atoms with Crippen LogP contribution in [0.4, 0.5) is 4.79 Å². The highest BCUT2D eigenvalue weighted by molar-refractivity contribution is 5.74. The molecule has 3 N–H and O–H groups in total. The topological polar surface area (TPSA) is 70.6 Å². The van der Waals surface area contributed by atoms with E-state index in [1.165, 1.54) is 0 Å². The maximum Gasteiger partial charge on any atom is 0.315 e. The molecule has 0 heterocycles. The number of hydrogen-bond donors (Lipinski definition) is 3. The van der Waals surface area contributed by atoms with Crippen molar-refractivity contribution in [2.75, 3.05) is 13.7 Å². The third-order valence-electron chi connectivity index (χ3n) is 2.51. The maximum absolute atomic E-state index is 11.5. The molecule has 1 rings (SSSR count). The van der Waals surface area contributed by atoms with Crippen molar-refractivity contribution in [3.05, 3.63) is 35.4 Å². The number of aliphatic hydroxyl groups excluding tert-OH is 1. The third kappa shape index (κ3) is 4.73. The summed E-state index contributed by atoms with van der Waals surface area (Å²) in [6, 6.07) is 7.23. The van der Waals surface area contributed by atoms with Crippen LogP contribution in [0.3, 0.4) is 0 Å². The van der Waals surface area contributed by atoms with Crippen molar-refractivity contribution < 1.29 is 14.6 Å². The molecule has 0 bridgehead atoms. The van der Waals surface area contributed by atoms with Crippen LogP contribution in [0.25, 0.3) is 0 Å². The Morgan fingerprint density at radius 2 is 2.06 bits per heavy atom. The smallest absolute Gasteiger partial charge is 0.315 e. The summed E-state index contributed by atoms with van der Waals surface area (Å²) in [4.78, 5) is 11.5. The van der Waals surface area contributed by atoms with Crippen LogP contribution in [0.2, 0.25) is 0 Å². The van der Waals surface area contributed by atoms with Crippen molar-refractivity contribution in [1.29, 1.82) is 0 Å². The van der Waals surface area contributed by atoms with Crippen molar-refractivity contribution in [3.8, 4) is 0 Å². The molecule has 0 aromatic heterocycles. The van der Waals surface area contributed by atoms with Crippen molar-refractivity contribution in [2.45, 2.75) is 26.1 Å². The van der Waals surface area contributed by atoms with E-state index in [0.717, 1.165) is 11.1 Å². The largest absolute Gasteiger partial charge is 0.394 e. The lowest BCUT2D eigenvalue weighted by atomic mass is 10.1. The lowest BCUT2D eigenvalue weighted by molar-refractivity contribution is 0.184. The molecule has 5 nitrogen and oxygen atoms in total. The standard InChI is InChI=1S/C13H20N2O3/c1-10(8-16)15-13(17)14-7-11-5-3-4-6-12(11)9-18-2/h3-6,10,16H,7-9H2,1-2H3,(H2,14,15,17). The van der Waals surface area contributed by atoms with Crippen LogP contribution >= 0.6 is 0 Å². The van der Waals surface area contributed by atoms with E-state index in [1.54, 1.807) is 14.0 Å². The summed E-state index contributed by atoms with van der Waals surface area (Å²) in [7, 11) is 1.64. The van der Waals surface area contributed by atoms with Crippen molar-refractivity contribution in [2.24, 2.45) is 0 Å². The predicted molar refractivity (Wildman–Crippen MR) is 69.1 cm³/mol. The zero-order valence-electron chi connectivity index (χ0n) is 10.8. The van der Waals surface area contributed by atoms with Crippen LogP contribution in [0.1, 0.15) is 18.1 Å². The first-order valence-corrected chi connectivity index (χ1v) is 5.88. The average molecular weight is 252 g/mol. The van der Waals surface area contributed by atoms with Gasteiger partial charge < -0.3 is 20.5 Å². The van der Waals surface area contributed by atoms with E-state index >= 15 is 0 Å². The predicted octanol–water partition coefficient (Wildman–Crippen LogP) is 1.01. The first kappa shape index (κ1) is 14.5. The molecular formula is C13H20N2O3. The number of amides is 2. The Hall–Kier alpha value is -1.59. The van der Waals surface area contributed by atoms with Crippen LogP contribution < -0.4 is 10.6 Å². The first-order valence-electron chi connectivity index (χ1n) is 5.88. The Morgan fingerprint density at radius 1 is 1.39 bits per heavy atom. The summed E-state index contributed by atoms with van der Waals surface area (Å²) >= 11 is 0. The van der Waals surface area contributed by atoms with Crippen LogP contribution in [0.15, 0.2) is 24.3 Å². The summed E-state index contributed by atoms with van der Waals surface area (Å²) in [6.45, 7) is 2.61. The van der Waals surface area contributed by atoms with Crippen molar-refractivity contribution in [3.63, 3.8) is 0 Å². The molecule has 0 saturated carbocycles. The van der Waals surface area contributed by atoms with Crippen molar-refractivity contribution >= 4 is 6.03 Å². The van der Waals surface area contributed by atoms with Crippen molar-refractivity contribution in [1.82, 2.24) is 10.6 Å². The average Bonchev–Trinajstić information content (AvgIpc) is 2.38. The van der Waals surface area contributed by atoms with E-state index in [0.29, 0.717) is 13.2 Å². The minimum Gasteiger partial charge on any atom is -0.394 e. The van der Waals surface area contributed by atoms with Gasteiger partial charge in [-0.25, -0.2) is 4.79 Å². The number of carbonyl (C=O) groups is 1. The maximum atomic E-state index is 11.5. The van der Waals surface area contributed by atoms with Gasteiger partial charge in [0.2, 0.25) is 0 Å². The van der Waals surface area contributed by atoms with E-state index in [4.69, 9.17) is 9.84 Å². The Bertz CT molecular complexity index is 382. The summed E-state index contributed by atoms with van der Waals surface area (Å²) in [5.41, 5.74) is 2.07. The van der Waals surface area contributed by atoms with Crippen LogP contribution in [0.5, 0.6) is 0 Å². The number of benzene rings is 1. The molecule has 1 atom stereocenters. The van der Waals surface area contributed by atoms with Gasteiger partial charge in [0.25, 0.3) is 0 Å². The highest BCUT2D eigenvalue weighted by Gasteiger charge is 2.06. The third-order valence-corrected chi connectivity index (χ3v) is 2.51. The highest BCUT2D eigenvalue weighted by atomic mass is 16.5. The number of hydrogen-bond acceptors (Lipinski definition) is 3. The minimum absolute atomic E-state index is 0.0757. The van der Waals surface area contributed by atoms with Gasteiger partial charge in [0, 0.05) is 13.7 Å². The van der Waals surface area contributed by atoms with E-state index in [1.807, 2.05) is 24.3 Å². The van der Waals surface area contributed by atoms with Crippen LogP contribution in [-0.2, 0) is 17.9 Å². The molecule has 0 aliphatic rings. The van der Waals surface area contributed by atoms with Crippen LogP contribution in [-0.4, -0.2) is 30.9 Å². The van der Waals surface area contributed by atoms with Gasteiger partial charge in [-0.15, -0.1) is 0 Å². The monoisotopic (exact) mass is 252 g/mol. The zero-order chi connectivity index (χ0) is 13.4. The molecule has 0 aliphatic heterocycles. The molecule has 1 aromatic rings. The number of methoxy groups -OCH3 is 1. The van der Waals surface area contributed by atoms with Gasteiger partial charge in [-0.2, -0.15) is 0 Å². The minimum atomic E-state index is -0.288. The quantitative estimate of drug-likeness (QED) is 0.707. The normalized spacial score (nSPS) is 11.9. The molecule has 18 heavy (non-hydrogen) atoms. The SMILES string of the molecule is COCc1ccccc1CNC(=O)NC(C)CO. The highest BCUT2D eigenvalue weighted by Crippen LogP contribution is 2.09. The molecule has 0 spiro atoms.